The molecule has 5 heteroatoms. The van der Waals surface area contributed by atoms with Crippen molar-refractivity contribution < 1.29 is 24.2 Å². The van der Waals surface area contributed by atoms with Crippen LogP contribution in [-0.2, 0) is 19.1 Å². The molecule has 0 aliphatic carbocycles. The molecule has 75 heavy (non-hydrogen) atoms. The number of aliphatic hydroxyl groups is 1. The predicted molar refractivity (Wildman–Crippen MR) is 330 cm³/mol. The van der Waals surface area contributed by atoms with Crippen molar-refractivity contribution >= 4 is 11.9 Å². The fourth-order valence-corrected chi connectivity index (χ4v) is 9.86. The summed E-state index contributed by atoms with van der Waals surface area (Å²) in [6, 6.07) is 0. The summed E-state index contributed by atoms with van der Waals surface area (Å²) in [5, 5.41) is 9.69. The number of carbonyl (C=O) groups is 2. The molecule has 0 aliphatic rings. The summed E-state index contributed by atoms with van der Waals surface area (Å²) in [5.41, 5.74) is 0. The van der Waals surface area contributed by atoms with Crippen molar-refractivity contribution in [2.45, 2.75) is 347 Å². The fourth-order valence-electron chi connectivity index (χ4n) is 9.86. The first-order valence-corrected chi connectivity index (χ1v) is 33.0. The van der Waals surface area contributed by atoms with Gasteiger partial charge in [0.2, 0.25) is 0 Å². The van der Waals surface area contributed by atoms with Gasteiger partial charge in [-0.25, -0.2) is 0 Å². The van der Waals surface area contributed by atoms with Crippen molar-refractivity contribution in [1.82, 2.24) is 0 Å². The monoisotopic (exact) mass is 1050 g/mol. The predicted octanol–water partition coefficient (Wildman–Crippen LogP) is 22.7. The fraction of sp³-hybridized carbons (Fsp3) is 0.800. The van der Waals surface area contributed by atoms with Crippen molar-refractivity contribution in [3.05, 3.63) is 72.9 Å². The van der Waals surface area contributed by atoms with Crippen LogP contribution >= 0.6 is 0 Å². The molecule has 0 saturated carbocycles. The number of hydrogen-bond donors (Lipinski definition) is 1. The van der Waals surface area contributed by atoms with Crippen molar-refractivity contribution in [3.8, 4) is 0 Å². The van der Waals surface area contributed by atoms with Crippen LogP contribution in [0.2, 0.25) is 0 Å². The zero-order chi connectivity index (χ0) is 54.1. The van der Waals surface area contributed by atoms with E-state index in [0.29, 0.717) is 12.8 Å². The molecule has 0 heterocycles. The largest absolute Gasteiger partial charge is 0.462 e. The third kappa shape index (κ3) is 63.8. The lowest BCUT2D eigenvalue weighted by atomic mass is 10.0. The number of hydrogen-bond acceptors (Lipinski definition) is 5. The van der Waals surface area contributed by atoms with Crippen LogP contribution < -0.4 is 0 Å². The van der Waals surface area contributed by atoms with E-state index in [2.05, 4.69) is 86.8 Å². The Kier molecular flexibility index (Phi) is 63.3. The Labute approximate surface area is 467 Å². The number of unbranched alkanes of at least 4 members (excludes halogenated alkanes) is 41. The van der Waals surface area contributed by atoms with Crippen molar-refractivity contribution in [3.63, 3.8) is 0 Å². The van der Waals surface area contributed by atoms with Crippen LogP contribution in [0.15, 0.2) is 72.9 Å². The van der Waals surface area contributed by atoms with Gasteiger partial charge in [0.1, 0.15) is 6.61 Å². The molecule has 0 radical (unpaired) electrons. The first-order valence-electron chi connectivity index (χ1n) is 33.0. The van der Waals surface area contributed by atoms with Crippen LogP contribution in [0, 0.1) is 0 Å². The van der Waals surface area contributed by atoms with Crippen LogP contribution in [0.3, 0.4) is 0 Å². The average Bonchev–Trinajstić information content (AvgIpc) is 3.41. The summed E-state index contributed by atoms with van der Waals surface area (Å²) in [4.78, 5) is 24.6. The Morgan fingerprint density at radius 1 is 0.320 bits per heavy atom. The topological polar surface area (TPSA) is 72.8 Å². The molecule has 1 atom stereocenters. The summed E-state index contributed by atoms with van der Waals surface area (Å²) in [6.45, 7) is 4.07. The van der Waals surface area contributed by atoms with E-state index in [0.717, 1.165) is 77.0 Å². The van der Waals surface area contributed by atoms with E-state index in [4.69, 9.17) is 9.47 Å². The molecule has 0 bridgehead atoms. The van der Waals surface area contributed by atoms with Gasteiger partial charge in [0, 0.05) is 12.8 Å². The lowest BCUT2D eigenvalue weighted by Gasteiger charge is -2.15. The number of rotatable bonds is 61. The van der Waals surface area contributed by atoms with E-state index < -0.39 is 6.10 Å². The van der Waals surface area contributed by atoms with Crippen LogP contribution in [0.4, 0.5) is 0 Å². The van der Waals surface area contributed by atoms with Gasteiger partial charge in [-0.3, -0.25) is 9.59 Å². The highest BCUT2D eigenvalue weighted by Crippen LogP contribution is 2.18. The van der Waals surface area contributed by atoms with E-state index in [-0.39, 0.29) is 25.2 Å². The Hall–Kier alpha value is -2.66. The minimum atomic E-state index is -0.776. The first kappa shape index (κ1) is 72.3. The van der Waals surface area contributed by atoms with Gasteiger partial charge < -0.3 is 14.6 Å². The lowest BCUT2D eigenvalue weighted by Crippen LogP contribution is -2.28. The van der Waals surface area contributed by atoms with Gasteiger partial charge in [0.15, 0.2) is 6.10 Å². The van der Waals surface area contributed by atoms with Gasteiger partial charge >= 0.3 is 11.9 Å². The molecule has 0 spiro atoms. The molecule has 0 aliphatic heterocycles. The van der Waals surface area contributed by atoms with E-state index in [1.165, 1.54) is 238 Å². The zero-order valence-electron chi connectivity index (χ0n) is 50.1. The Morgan fingerprint density at radius 3 is 0.867 bits per heavy atom. The minimum absolute atomic E-state index is 0.0645. The maximum absolute atomic E-state index is 12.3. The number of aliphatic hydroxyl groups excluding tert-OH is 1. The van der Waals surface area contributed by atoms with Gasteiger partial charge in [-0.05, 0) is 64.2 Å². The molecule has 0 aromatic heterocycles. The van der Waals surface area contributed by atoms with Crippen molar-refractivity contribution in [1.29, 1.82) is 0 Å². The van der Waals surface area contributed by atoms with E-state index in [9.17, 15) is 14.7 Å². The highest BCUT2D eigenvalue weighted by molar-refractivity contribution is 5.70. The third-order valence-electron chi connectivity index (χ3n) is 14.8. The summed E-state index contributed by atoms with van der Waals surface area (Å²) in [5.74, 6) is -0.578. The van der Waals surface area contributed by atoms with E-state index in [1.54, 1.807) is 0 Å². The van der Waals surface area contributed by atoms with Crippen LogP contribution in [0.5, 0.6) is 0 Å². The molecule has 436 valence electrons. The van der Waals surface area contributed by atoms with Crippen LogP contribution in [0.25, 0.3) is 0 Å². The van der Waals surface area contributed by atoms with Gasteiger partial charge in [-0.15, -0.1) is 0 Å². The number of allylic oxidation sites excluding steroid dienone is 12. The Balaban J connectivity index is 3.44. The molecule has 1 unspecified atom stereocenters. The Morgan fingerprint density at radius 2 is 0.573 bits per heavy atom. The molecule has 0 amide bonds. The normalized spacial score (nSPS) is 12.6. The highest BCUT2D eigenvalue weighted by Gasteiger charge is 2.16. The lowest BCUT2D eigenvalue weighted by molar-refractivity contribution is -0.161. The number of esters is 2. The van der Waals surface area contributed by atoms with Gasteiger partial charge in [-0.1, -0.05) is 337 Å². The number of ether oxygens (including phenoxy) is 2. The molecule has 0 rings (SSSR count). The van der Waals surface area contributed by atoms with Gasteiger partial charge in [-0.2, -0.15) is 0 Å². The average molecular weight is 1050 g/mol. The maximum atomic E-state index is 12.3. The second kappa shape index (κ2) is 65.6. The zero-order valence-corrected chi connectivity index (χ0v) is 50.1. The summed E-state index contributed by atoms with van der Waals surface area (Å²) < 4.78 is 10.8. The molecule has 5 nitrogen and oxygen atoms in total. The molecule has 0 aromatic rings. The second-order valence-electron chi connectivity index (χ2n) is 22.2. The molecule has 0 aromatic carbocycles. The van der Waals surface area contributed by atoms with Gasteiger partial charge in [0.05, 0.1) is 6.61 Å². The Bertz CT molecular complexity index is 1320. The third-order valence-corrected chi connectivity index (χ3v) is 14.8. The quantitative estimate of drug-likeness (QED) is 0.0373. The maximum Gasteiger partial charge on any atom is 0.306 e. The summed E-state index contributed by atoms with van der Waals surface area (Å²) >= 11 is 0. The molecule has 0 saturated heterocycles. The van der Waals surface area contributed by atoms with Crippen LogP contribution in [0.1, 0.15) is 341 Å². The first-order chi connectivity index (χ1) is 37.1. The highest BCUT2D eigenvalue weighted by atomic mass is 16.6. The summed E-state index contributed by atoms with van der Waals surface area (Å²) in [7, 11) is 0. The SMILES string of the molecule is CC/C=C\C/C=C\C/C=C\C/C=C\C/C=C\C/C=C\CCCCCCCCCCCCCCC(=O)OC(CO)COC(=O)CCCCCCCCCCCCCCCCCCCCCCCCCCCCCCCC. The number of carbonyl (C=O) groups excluding carboxylic acids is 2. The standard InChI is InChI=1S/C70H126O5/c1-3-5-7-9-11-13-15-17-19-21-23-25-27-29-31-33-35-37-39-41-43-45-47-49-51-53-55-57-59-61-63-65-70(73)75-68(66-71)67-74-69(72)64-62-60-58-56-54-52-50-48-46-44-42-40-38-36-34-32-30-28-26-24-22-20-18-16-14-12-10-8-6-4-2/h5,7,11,13,17,19,23,25,29,31,35,37,68,71H,3-4,6,8-10,12,14-16,18,20-22,24,26-28,30,32-34,36,38-67H2,1-2H3/b7-5-,13-11-,19-17-,25-23-,31-29-,37-35-. The van der Waals surface area contributed by atoms with E-state index in [1.807, 2.05) is 0 Å². The van der Waals surface area contributed by atoms with Crippen molar-refractivity contribution in [2.24, 2.45) is 0 Å². The molecule has 0 fully saturated rings. The van der Waals surface area contributed by atoms with Crippen LogP contribution in [-0.4, -0.2) is 36.4 Å². The molecular formula is C70H126O5. The van der Waals surface area contributed by atoms with Crippen molar-refractivity contribution in [2.75, 3.05) is 13.2 Å². The molecule has 1 N–H and O–H groups in total. The second-order valence-corrected chi connectivity index (χ2v) is 22.2. The minimum Gasteiger partial charge on any atom is -0.462 e. The summed E-state index contributed by atoms with van der Waals surface area (Å²) in [6.07, 6.45) is 90.6. The van der Waals surface area contributed by atoms with Gasteiger partial charge in [0.25, 0.3) is 0 Å². The molecular weight excluding hydrogens is 921 g/mol. The smallest absolute Gasteiger partial charge is 0.306 e. The van der Waals surface area contributed by atoms with E-state index >= 15 is 0 Å².